The molecule has 1 aromatic carbocycles. The van der Waals surface area contributed by atoms with Crippen LogP contribution in [0.4, 0.5) is 0 Å². The zero-order valence-corrected chi connectivity index (χ0v) is 14.0. The lowest BCUT2D eigenvalue weighted by Gasteiger charge is -2.20. The van der Waals surface area contributed by atoms with Crippen LogP contribution in [-0.4, -0.2) is 41.5 Å². The average Bonchev–Trinajstić information content (AvgIpc) is 2.57. The summed E-state index contributed by atoms with van der Waals surface area (Å²) < 4.78 is 0. The van der Waals surface area contributed by atoms with Crippen molar-refractivity contribution in [3.8, 4) is 0 Å². The lowest BCUT2D eigenvalue weighted by molar-refractivity contribution is -0.143. The minimum Gasteiger partial charge on any atom is -0.480 e. The summed E-state index contributed by atoms with van der Waals surface area (Å²) >= 11 is 0. The highest BCUT2D eigenvalue weighted by molar-refractivity contribution is 5.89. The zero-order valence-electron chi connectivity index (χ0n) is 14.0. The van der Waals surface area contributed by atoms with Gasteiger partial charge in [-0.05, 0) is 17.9 Å². The molecule has 7 heteroatoms. The molecule has 0 spiro atoms. The summed E-state index contributed by atoms with van der Waals surface area (Å²) in [6, 6.07) is 7.56. The van der Waals surface area contributed by atoms with Gasteiger partial charge in [0.05, 0.1) is 12.6 Å². The van der Waals surface area contributed by atoms with E-state index in [0.29, 0.717) is 12.8 Å². The number of hydrogen-bond acceptors (Lipinski definition) is 4. The van der Waals surface area contributed by atoms with Gasteiger partial charge in [-0.3, -0.25) is 9.59 Å². The van der Waals surface area contributed by atoms with E-state index in [1.54, 1.807) is 6.92 Å². The molecule has 0 bridgehead atoms. The molecule has 0 aliphatic rings. The number of carbonyl (C=O) groups excluding carboxylic acids is 2. The molecule has 0 aliphatic carbocycles. The average molecular weight is 335 g/mol. The highest BCUT2D eigenvalue weighted by atomic mass is 16.4. The molecule has 5 N–H and O–H groups in total. The first-order valence-electron chi connectivity index (χ1n) is 7.94. The maximum atomic E-state index is 11.9. The van der Waals surface area contributed by atoms with E-state index >= 15 is 0 Å². The van der Waals surface area contributed by atoms with E-state index < -0.39 is 29.9 Å². The third-order valence-corrected chi connectivity index (χ3v) is 3.85. The van der Waals surface area contributed by atoms with Crippen LogP contribution in [0.25, 0.3) is 0 Å². The van der Waals surface area contributed by atoms with E-state index in [9.17, 15) is 14.4 Å². The second-order valence-corrected chi connectivity index (χ2v) is 5.78. The van der Waals surface area contributed by atoms with Crippen LogP contribution in [0.15, 0.2) is 30.3 Å². The minimum absolute atomic E-state index is 0.206. The molecule has 0 aromatic heterocycles. The Morgan fingerprint density at radius 2 is 1.83 bits per heavy atom. The number of rotatable bonds is 9. The van der Waals surface area contributed by atoms with Gasteiger partial charge in [-0.15, -0.1) is 0 Å². The van der Waals surface area contributed by atoms with Gasteiger partial charge < -0.3 is 21.5 Å². The highest BCUT2D eigenvalue weighted by Gasteiger charge is 2.25. The summed E-state index contributed by atoms with van der Waals surface area (Å²) in [7, 11) is 0. The van der Waals surface area contributed by atoms with E-state index in [0.717, 1.165) is 5.56 Å². The smallest absolute Gasteiger partial charge is 0.326 e. The van der Waals surface area contributed by atoms with Gasteiger partial charge in [0.15, 0.2) is 0 Å². The number of benzene rings is 1. The summed E-state index contributed by atoms with van der Waals surface area (Å²) in [5.74, 6) is -2.31. The summed E-state index contributed by atoms with van der Waals surface area (Å²) in [6.07, 6.45) is 0.977. The summed E-state index contributed by atoms with van der Waals surface area (Å²) in [5.41, 5.74) is 6.74. The maximum Gasteiger partial charge on any atom is 0.326 e. The summed E-state index contributed by atoms with van der Waals surface area (Å²) in [6.45, 7) is 3.28. The van der Waals surface area contributed by atoms with Gasteiger partial charge in [0.1, 0.15) is 6.04 Å². The minimum atomic E-state index is -1.09. The molecule has 0 saturated heterocycles. The Kier molecular flexibility index (Phi) is 7.91. The molecule has 24 heavy (non-hydrogen) atoms. The normalized spacial score (nSPS) is 14.3. The molecule has 3 unspecified atom stereocenters. The van der Waals surface area contributed by atoms with Crippen LogP contribution in [0.2, 0.25) is 0 Å². The lowest BCUT2D eigenvalue weighted by Crippen LogP contribution is -2.50. The molecule has 0 aliphatic heterocycles. The molecular formula is C17H25N3O4. The van der Waals surface area contributed by atoms with Gasteiger partial charge in [0.2, 0.25) is 11.8 Å². The highest BCUT2D eigenvalue weighted by Crippen LogP contribution is 2.07. The standard InChI is InChI=1S/C17H25N3O4/c1-3-11(2)15(17(23)24)20-14(21)10-19-16(22)13(18)9-12-7-5-4-6-8-12/h4-8,11,13,15H,3,9-10,18H2,1-2H3,(H,19,22)(H,20,21)(H,23,24). The molecule has 1 aromatic rings. The van der Waals surface area contributed by atoms with Crippen molar-refractivity contribution in [1.29, 1.82) is 0 Å². The Labute approximate surface area is 141 Å². The van der Waals surface area contributed by atoms with E-state index in [1.165, 1.54) is 0 Å². The molecular weight excluding hydrogens is 310 g/mol. The largest absolute Gasteiger partial charge is 0.480 e. The molecule has 0 saturated carbocycles. The molecule has 7 nitrogen and oxygen atoms in total. The van der Waals surface area contributed by atoms with Crippen LogP contribution in [0, 0.1) is 5.92 Å². The second kappa shape index (κ2) is 9.67. The van der Waals surface area contributed by atoms with Gasteiger partial charge in [0.25, 0.3) is 0 Å². The van der Waals surface area contributed by atoms with Crippen LogP contribution < -0.4 is 16.4 Å². The number of nitrogens with one attached hydrogen (secondary N) is 2. The Morgan fingerprint density at radius 1 is 1.21 bits per heavy atom. The molecule has 0 fully saturated rings. The Balaban J connectivity index is 2.45. The van der Waals surface area contributed by atoms with Crippen LogP contribution in [0.3, 0.4) is 0 Å². The van der Waals surface area contributed by atoms with Crippen LogP contribution in [0.5, 0.6) is 0 Å². The Bertz CT molecular complexity index is 562. The van der Waals surface area contributed by atoms with Crippen molar-refractivity contribution in [3.63, 3.8) is 0 Å². The van der Waals surface area contributed by atoms with Crippen molar-refractivity contribution in [3.05, 3.63) is 35.9 Å². The Hall–Kier alpha value is -2.41. The predicted octanol–water partition coefficient (Wildman–Crippen LogP) is 0.288. The zero-order chi connectivity index (χ0) is 18.1. The summed E-state index contributed by atoms with van der Waals surface area (Å²) in [4.78, 5) is 34.9. The van der Waals surface area contributed by atoms with Gasteiger partial charge in [-0.25, -0.2) is 4.79 Å². The van der Waals surface area contributed by atoms with Gasteiger partial charge in [-0.2, -0.15) is 0 Å². The van der Waals surface area contributed by atoms with Crippen LogP contribution in [0.1, 0.15) is 25.8 Å². The first-order valence-corrected chi connectivity index (χ1v) is 7.94. The fourth-order valence-corrected chi connectivity index (χ4v) is 2.17. The number of amides is 2. The number of aliphatic carboxylic acids is 1. The topological polar surface area (TPSA) is 122 Å². The van der Waals surface area contributed by atoms with Crippen molar-refractivity contribution in [2.75, 3.05) is 6.54 Å². The molecule has 2 amide bonds. The first-order chi connectivity index (χ1) is 11.3. The molecule has 0 heterocycles. The Morgan fingerprint density at radius 3 is 2.38 bits per heavy atom. The van der Waals surface area contributed by atoms with E-state index in [-0.39, 0.29) is 12.5 Å². The monoisotopic (exact) mass is 335 g/mol. The number of carboxylic acid groups (broad SMARTS) is 1. The number of nitrogens with two attached hydrogens (primary N) is 1. The molecule has 3 atom stereocenters. The van der Waals surface area contributed by atoms with Gasteiger partial charge in [0, 0.05) is 0 Å². The molecule has 132 valence electrons. The molecule has 1 rings (SSSR count). The van der Waals surface area contributed by atoms with E-state index in [1.807, 2.05) is 37.3 Å². The fourth-order valence-electron chi connectivity index (χ4n) is 2.17. The van der Waals surface area contributed by atoms with Crippen molar-refractivity contribution in [2.24, 2.45) is 11.7 Å². The van der Waals surface area contributed by atoms with Crippen molar-refractivity contribution >= 4 is 17.8 Å². The first kappa shape index (κ1) is 19.6. The number of carboxylic acids is 1. The second-order valence-electron chi connectivity index (χ2n) is 5.78. The van der Waals surface area contributed by atoms with Gasteiger partial charge in [-0.1, -0.05) is 50.6 Å². The van der Waals surface area contributed by atoms with Crippen molar-refractivity contribution in [2.45, 2.75) is 38.8 Å². The maximum absolute atomic E-state index is 11.9. The van der Waals surface area contributed by atoms with Crippen LogP contribution >= 0.6 is 0 Å². The van der Waals surface area contributed by atoms with Crippen LogP contribution in [-0.2, 0) is 20.8 Å². The van der Waals surface area contributed by atoms with Gasteiger partial charge >= 0.3 is 5.97 Å². The lowest BCUT2D eigenvalue weighted by atomic mass is 9.99. The summed E-state index contributed by atoms with van der Waals surface area (Å²) in [5, 5.41) is 14.0. The van der Waals surface area contributed by atoms with Crippen molar-refractivity contribution in [1.82, 2.24) is 10.6 Å². The van der Waals surface area contributed by atoms with E-state index in [2.05, 4.69) is 10.6 Å². The van der Waals surface area contributed by atoms with Crippen molar-refractivity contribution < 1.29 is 19.5 Å². The predicted molar refractivity (Wildman–Crippen MR) is 90.2 cm³/mol. The SMILES string of the molecule is CCC(C)C(NC(=O)CNC(=O)C(N)Cc1ccccc1)C(=O)O. The third kappa shape index (κ3) is 6.37. The van der Waals surface area contributed by atoms with E-state index in [4.69, 9.17) is 10.8 Å². The number of carbonyl (C=O) groups is 3. The number of hydrogen-bond donors (Lipinski definition) is 4. The quantitative estimate of drug-likeness (QED) is 0.517. The fraction of sp³-hybridized carbons (Fsp3) is 0.471. The third-order valence-electron chi connectivity index (χ3n) is 3.85. The molecule has 0 radical (unpaired) electrons.